The maximum atomic E-state index is 10.4. The van der Waals surface area contributed by atoms with Crippen LogP contribution in [0.1, 0.15) is 110 Å². The predicted molar refractivity (Wildman–Crippen MR) is 135 cm³/mol. The maximum absolute atomic E-state index is 10.4. The summed E-state index contributed by atoms with van der Waals surface area (Å²) in [4.78, 5) is 12.6. The van der Waals surface area contributed by atoms with E-state index in [9.17, 15) is 4.79 Å². The molecule has 0 bridgehead atoms. The summed E-state index contributed by atoms with van der Waals surface area (Å²) in [6.45, 7) is 5.48. The molecule has 0 rings (SSSR count). The number of carbonyl (C=O) groups is 1. The number of allylic oxidation sites excluding steroid dienone is 2. The van der Waals surface area contributed by atoms with Gasteiger partial charge in [-0.25, -0.2) is 0 Å². The molecule has 1 N–H and O–H groups in total. The van der Waals surface area contributed by atoms with Crippen molar-refractivity contribution in [3.05, 3.63) is 12.2 Å². The van der Waals surface area contributed by atoms with Gasteiger partial charge in [0.1, 0.15) is 0 Å². The molecule has 0 radical (unpaired) electrons. The Morgan fingerprint density at radius 2 is 1.22 bits per heavy atom. The van der Waals surface area contributed by atoms with Gasteiger partial charge in [-0.05, 0) is 59.0 Å². The van der Waals surface area contributed by atoms with Gasteiger partial charge in [-0.15, -0.1) is 0 Å². The normalized spacial score (nSPS) is 12.8. The molecule has 0 aromatic heterocycles. The fraction of sp³-hybridized carbons (Fsp3) is 0.889. The van der Waals surface area contributed by atoms with Gasteiger partial charge in [0.15, 0.2) is 0 Å². The molecule has 0 amide bonds. The van der Waals surface area contributed by atoms with Gasteiger partial charge in [-0.3, -0.25) is 4.79 Å². The summed E-state index contributed by atoms with van der Waals surface area (Å²) < 4.78 is 11.8. The third-order valence-corrected chi connectivity index (χ3v) is 5.83. The highest BCUT2D eigenvalue weighted by Crippen LogP contribution is 2.09. The van der Waals surface area contributed by atoms with Gasteiger partial charge in [-0.1, -0.05) is 70.4 Å². The monoisotopic (exact) mass is 455 g/mol. The smallest absolute Gasteiger partial charge is 0.303 e. The van der Waals surface area contributed by atoms with Crippen LogP contribution in [0.4, 0.5) is 0 Å². The highest BCUT2D eigenvalue weighted by Gasteiger charge is 2.11. The van der Waals surface area contributed by atoms with E-state index in [0.29, 0.717) is 12.5 Å². The number of carboxylic acids is 1. The van der Waals surface area contributed by atoms with E-state index in [1.807, 2.05) is 0 Å². The van der Waals surface area contributed by atoms with Crippen LogP contribution in [0.3, 0.4) is 0 Å². The molecule has 0 aromatic carbocycles. The number of likely N-dealkylation sites (N-methyl/N-ethyl adjacent to an activating group) is 1. The van der Waals surface area contributed by atoms with Gasteiger partial charge in [0, 0.05) is 19.6 Å². The van der Waals surface area contributed by atoms with Crippen LogP contribution in [0.2, 0.25) is 0 Å². The first-order valence-corrected chi connectivity index (χ1v) is 13.3. The zero-order valence-electron chi connectivity index (χ0n) is 21.5. The fourth-order valence-corrected chi connectivity index (χ4v) is 3.54. The van der Waals surface area contributed by atoms with Gasteiger partial charge in [0.05, 0.1) is 19.3 Å². The maximum Gasteiger partial charge on any atom is 0.303 e. The van der Waals surface area contributed by atoms with Crippen LogP contribution in [0.5, 0.6) is 0 Å². The van der Waals surface area contributed by atoms with Crippen molar-refractivity contribution in [2.45, 2.75) is 116 Å². The third kappa shape index (κ3) is 23.7. The summed E-state index contributed by atoms with van der Waals surface area (Å²) in [5, 5.41) is 8.59. The Morgan fingerprint density at radius 3 is 1.72 bits per heavy atom. The minimum atomic E-state index is -0.681. The minimum absolute atomic E-state index is 0.306. The third-order valence-electron chi connectivity index (χ3n) is 5.83. The molecule has 190 valence electrons. The highest BCUT2D eigenvalue weighted by atomic mass is 16.5. The van der Waals surface area contributed by atoms with Gasteiger partial charge >= 0.3 is 5.97 Å². The standard InChI is InChI=1S/C27H53NO4/c1-4-5-6-19-22-31-24-26(28(2)3)25-32-23-20-17-15-13-11-9-7-8-10-12-14-16-18-21-27(29)30/h8,10,26H,4-7,9,11-25H2,1-3H3,(H,29,30). The lowest BCUT2D eigenvalue weighted by molar-refractivity contribution is -0.137. The van der Waals surface area contributed by atoms with E-state index in [4.69, 9.17) is 14.6 Å². The number of aliphatic carboxylic acids is 1. The summed E-state index contributed by atoms with van der Waals surface area (Å²) in [5.41, 5.74) is 0. The number of ether oxygens (including phenoxy) is 2. The molecule has 0 saturated heterocycles. The van der Waals surface area contributed by atoms with E-state index >= 15 is 0 Å². The zero-order chi connectivity index (χ0) is 23.7. The summed E-state index contributed by atoms with van der Waals surface area (Å²) in [6.07, 6.45) is 22.7. The number of carboxylic acid groups (broad SMARTS) is 1. The van der Waals surface area contributed by atoms with Crippen molar-refractivity contribution in [3.8, 4) is 0 Å². The van der Waals surface area contributed by atoms with Crippen LogP contribution in [0.25, 0.3) is 0 Å². The van der Waals surface area contributed by atoms with Crippen LogP contribution >= 0.6 is 0 Å². The lowest BCUT2D eigenvalue weighted by Crippen LogP contribution is -2.37. The van der Waals surface area contributed by atoms with Crippen LogP contribution in [0, 0.1) is 0 Å². The number of hydrogen-bond acceptors (Lipinski definition) is 4. The Labute approximate surface area is 198 Å². The second-order valence-electron chi connectivity index (χ2n) is 9.20. The topological polar surface area (TPSA) is 59.0 Å². The molecule has 0 heterocycles. The van der Waals surface area contributed by atoms with Crippen molar-refractivity contribution >= 4 is 5.97 Å². The molecule has 0 saturated carbocycles. The van der Waals surface area contributed by atoms with Gasteiger partial charge in [0.2, 0.25) is 0 Å². The van der Waals surface area contributed by atoms with E-state index in [1.165, 1.54) is 64.2 Å². The van der Waals surface area contributed by atoms with Crippen molar-refractivity contribution in [2.24, 2.45) is 0 Å². The molecule has 0 aromatic rings. The molecule has 0 fully saturated rings. The predicted octanol–water partition coefficient (Wildman–Crippen LogP) is 6.85. The van der Waals surface area contributed by atoms with Gasteiger partial charge in [-0.2, -0.15) is 0 Å². The lowest BCUT2D eigenvalue weighted by Gasteiger charge is -2.24. The molecule has 1 unspecified atom stereocenters. The fourth-order valence-electron chi connectivity index (χ4n) is 3.54. The largest absolute Gasteiger partial charge is 0.481 e. The molecule has 32 heavy (non-hydrogen) atoms. The molecule has 1 atom stereocenters. The summed E-state index contributed by atoms with van der Waals surface area (Å²) in [6, 6.07) is 0.346. The Morgan fingerprint density at radius 1 is 0.750 bits per heavy atom. The van der Waals surface area contributed by atoms with Crippen molar-refractivity contribution in [1.29, 1.82) is 0 Å². The number of nitrogens with zero attached hydrogens (tertiary/aromatic N) is 1. The number of unbranched alkanes of at least 4 members (excludes halogenated alkanes) is 12. The lowest BCUT2D eigenvalue weighted by atomic mass is 10.1. The summed E-state index contributed by atoms with van der Waals surface area (Å²) >= 11 is 0. The Balaban J connectivity index is 3.40. The SMILES string of the molecule is CCCCCCOCC(COCCCCCCCCC=CCCCCCC(=O)O)N(C)C. The van der Waals surface area contributed by atoms with E-state index in [0.717, 1.165) is 58.5 Å². The Kier molecular flexibility index (Phi) is 24.0. The first kappa shape index (κ1) is 31.1. The van der Waals surface area contributed by atoms with E-state index in [2.05, 4.69) is 38.1 Å². The molecule has 0 aliphatic heterocycles. The average molecular weight is 456 g/mol. The van der Waals surface area contributed by atoms with E-state index < -0.39 is 5.97 Å². The highest BCUT2D eigenvalue weighted by molar-refractivity contribution is 5.66. The summed E-state index contributed by atoms with van der Waals surface area (Å²) in [7, 11) is 4.21. The second kappa shape index (κ2) is 24.7. The first-order chi connectivity index (χ1) is 15.6. The Bertz CT molecular complexity index is 426. The molecule has 5 nitrogen and oxygen atoms in total. The molecular formula is C27H53NO4. The van der Waals surface area contributed by atoms with Crippen molar-refractivity contribution in [2.75, 3.05) is 40.5 Å². The van der Waals surface area contributed by atoms with E-state index in [-0.39, 0.29) is 0 Å². The van der Waals surface area contributed by atoms with E-state index in [1.54, 1.807) is 0 Å². The molecule has 0 aliphatic rings. The molecule has 5 heteroatoms. The average Bonchev–Trinajstić information content (AvgIpc) is 2.76. The van der Waals surface area contributed by atoms with Crippen LogP contribution in [0.15, 0.2) is 12.2 Å². The minimum Gasteiger partial charge on any atom is -0.481 e. The quantitative estimate of drug-likeness (QED) is 0.120. The van der Waals surface area contributed by atoms with Crippen LogP contribution in [-0.2, 0) is 14.3 Å². The zero-order valence-corrected chi connectivity index (χ0v) is 21.5. The van der Waals surface area contributed by atoms with Crippen LogP contribution < -0.4 is 0 Å². The number of hydrogen-bond donors (Lipinski definition) is 1. The van der Waals surface area contributed by atoms with Crippen molar-refractivity contribution < 1.29 is 19.4 Å². The molecule has 0 aliphatic carbocycles. The Hall–Kier alpha value is -0.910. The van der Waals surface area contributed by atoms with Gasteiger partial charge in [0.25, 0.3) is 0 Å². The van der Waals surface area contributed by atoms with Crippen LogP contribution in [-0.4, -0.2) is 62.5 Å². The van der Waals surface area contributed by atoms with Crippen molar-refractivity contribution in [3.63, 3.8) is 0 Å². The first-order valence-electron chi connectivity index (χ1n) is 13.3. The summed E-state index contributed by atoms with van der Waals surface area (Å²) in [5.74, 6) is -0.681. The molecule has 0 spiro atoms. The van der Waals surface area contributed by atoms with Crippen molar-refractivity contribution in [1.82, 2.24) is 4.90 Å². The van der Waals surface area contributed by atoms with Gasteiger partial charge < -0.3 is 19.5 Å². The second-order valence-corrected chi connectivity index (χ2v) is 9.20. The molecular weight excluding hydrogens is 402 g/mol. The number of rotatable bonds is 25.